The number of sulfonamides is 1. The quantitative estimate of drug-likeness (QED) is 0.613. The smallest absolute Gasteiger partial charge is 0.407 e. The molecular weight excluding hydrogens is 430 g/mol. The number of carboxylic acid groups (broad SMARTS) is 1. The van der Waals surface area contributed by atoms with E-state index in [2.05, 4.69) is 11.8 Å². The van der Waals surface area contributed by atoms with Gasteiger partial charge in [0.2, 0.25) is 15.9 Å². The highest BCUT2D eigenvalue weighted by atomic mass is 32.2. The lowest BCUT2D eigenvalue weighted by molar-refractivity contribution is -0.122. The number of ether oxygens (including phenoxy) is 1. The monoisotopic (exact) mass is 455 g/mol. The van der Waals surface area contributed by atoms with Gasteiger partial charge in [0.1, 0.15) is 18.4 Å². The van der Waals surface area contributed by atoms with Crippen LogP contribution in [0.15, 0.2) is 29.2 Å². The summed E-state index contributed by atoms with van der Waals surface area (Å²) in [5, 5.41) is 8.73. The molecule has 2 rings (SSSR count). The molecule has 0 aliphatic carbocycles. The van der Waals surface area contributed by atoms with Gasteiger partial charge in [-0.25, -0.2) is 13.2 Å². The van der Waals surface area contributed by atoms with E-state index in [0.29, 0.717) is 11.5 Å². The van der Waals surface area contributed by atoms with Crippen LogP contribution in [-0.4, -0.2) is 78.0 Å². The fraction of sp³-hybridized carbons (Fsp3) is 0.474. The minimum absolute atomic E-state index is 0.0286. The Balaban J connectivity index is 2.08. The first-order chi connectivity index (χ1) is 14.0. The number of benzene rings is 1. The van der Waals surface area contributed by atoms with E-state index in [1.165, 1.54) is 47.4 Å². The van der Waals surface area contributed by atoms with Gasteiger partial charge in [-0.2, -0.15) is 16.1 Å². The number of nitrogens with zero attached hydrogens (tertiary/aromatic N) is 2. The average Bonchev–Trinajstić information content (AvgIpc) is 2.66. The summed E-state index contributed by atoms with van der Waals surface area (Å²) in [7, 11) is -2.51. The van der Waals surface area contributed by atoms with Gasteiger partial charge in [0.05, 0.1) is 11.4 Å². The van der Waals surface area contributed by atoms with Crippen LogP contribution in [0.25, 0.3) is 0 Å². The highest BCUT2D eigenvalue weighted by Gasteiger charge is 2.47. The average molecular weight is 456 g/mol. The van der Waals surface area contributed by atoms with E-state index in [1.54, 1.807) is 13.8 Å². The molecule has 1 atom stereocenters. The molecule has 1 aliphatic rings. The zero-order valence-electron chi connectivity index (χ0n) is 17.0. The molecule has 0 aromatic heterocycles. The second-order valence-corrected chi connectivity index (χ2v) is 10.8. The maximum absolute atomic E-state index is 13.1. The molecule has 1 saturated heterocycles. The molecule has 9 nitrogen and oxygen atoms in total. The molecule has 164 valence electrons. The first-order valence-electron chi connectivity index (χ1n) is 9.04. The Kier molecular flexibility index (Phi) is 7.63. The van der Waals surface area contributed by atoms with Gasteiger partial charge in [0.15, 0.2) is 0 Å². The molecule has 0 bridgehead atoms. The standard InChI is InChI=1S/C19H25N3O6S2/c1-19(2)16(17(20)23)22(11-13-29-19)30(26,27)15-8-6-14(7-9-15)28-12-5-4-10-21(3)18(24)25/h6-9,16H,10-13H2,1-3H3,(H2,20,23)(H,24,25). The van der Waals surface area contributed by atoms with Crippen LogP contribution in [0.3, 0.4) is 0 Å². The van der Waals surface area contributed by atoms with Gasteiger partial charge in [-0.15, -0.1) is 0 Å². The summed E-state index contributed by atoms with van der Waals surface area (Å²) in [5.41, 5.74) is 5.52. The van der Waals surface area contributed by atoms with Gasteiger partial charge in [-0.05, 0) is 38.1 Å². The molecule has 1 aromatic rings. The predicted molar refractivity (Wildman–Crippen MR) is 114 cm³/mol. The number of nitrogens with two attached hydrogens (primary N) is 1. The summed E-state index contributed by atoms with van der Waals surface area (Å²) >= 11 is 1.52. The molecule has 1 aromatic carbocycles. The Hall–Kier alpha value is -2.42. The van der Waals surface area contributed by atoms with Crippen molar-refractivity contribution < 1.29 is 27.9 Å². The van der Waals surface area contributed by atoms with Crippen molar-refractivity contribution in [2.45, 2.75) is 29.5 Å². The van der Waals surface area contributed by atoms with E-state index in [-0.39, 0.29) is 24.6 Å². The molecule has 11 heteroatoms. The van der Waals surface area contributed by atoms with Crippen LogP contribution < -0.4 is 10.5 Å². The number of thioether (sulfide) groups is 1. The summed E-state index contributed by atoms with van der Waals surface area (Å²) < 4.78 is 32.2. The molecule has 2 amide bonds. The lowest BCUT2D eigenvalue weighted by atomic mass is 10.0. The third-order valence-electron chi connectivity index (χ3n) is 4.51. The molecule has 1 aliphatic heterocycles. The number of amides is 2. The van der Waals surface area contributed by atoms with E-state index in [0.717, 1.165) is 4.90 Å². The van der Waals surface area contributed by atoms with Crippen LogP contribution in [0.2, 0.25) is 0 Å². The number of rotatable bonds is 6. The number of hydrogen-bond donors (Lipinski definition) is 2. The lowest BCUT2D eigenvalue weighted by Gasteiger charge is -2.43. The van der Waals surface area contributed by atoms with E-state index in [4.69, 9.17) is 15.6 Å². The highest BCUT2D eigenvalue weighted by molar-refractivity contribution is 8.00. The van der Waals surface area contributed by atoms with Crippen LogP contribution in [0.5, 0.6) is 5.75 Å². The van der Waals surface area contributed by atoms with Gasteiger partial charge in [-0.1, -0.05) is 11.8 Å². The Morgan fingerprint density at radius 3 is 2.53 bits per heavy atom. The molecule has 1 heterocycles. The Labute approximate surface area is 180 Å². The van der Waals surface area contributed by atoms with E-state index in [1.807, 2.05) is 0 Å². The van der Waals surface area contributed by atoms with E-state index >= 15 is 0 Å². The van der Waals surface area contributed by atoms with Crippen LogP contribution in [0, 0.1) is 11.8 Å². The lowest BCUT2D eigenvalue weighted by Crippen LogP contribution is -2.60. The van der Waals surface area contributed by atoms with Crippen molar-refractivity contribution in [1.82, 2.24) is 9.21 Å². The molecule has 30 heavy (non-hydrogen) atoms. The van der Waals surface area contributed by atoms with Gasteiger partial charge in [0.25, 0.3) is 0 Å². The topological polar surface area (TPSA) is 130 Å². The van der Waals surface area contributed by atoms with Crippen molar-refractivity contribution in [3.8, 4) is 17.6 Å². The largest absolute Gasteiger partial charge is 0.481 e. The highest BCUT2D eigenvalue weighted by Crippen LogP contribution is 2.38. The Morgan fingerprint density at radius 1 is 1.33 bits per heavy atom. The Bertz CT molecular complexity index is 951. The first kappa shape index (κ1) is 23.9. The molecule has 3 N–H and O–H groups in total. The predicted octanol–water partition coefficient (Wildman–Crippen LogP) is 1.05. The number of carbonyl (C=O) groups excluding carboxylic acids is 1. The van der Waals surface area contributed by atoms with Gasteiger partial charge in [-0.3, -0.25) is 4.79 Å². The Morgan fingerprint density at radius 2 is 1.97 bits per heavy atom. The van der Waals surface area contributed by atoms with E-state index in [9.17, 15) is 18.0 Å². The van der Waals surface area contributed by atoms with Gasteiger partial charge < -0.3 is 20.5 Å². The minimum Gasteiger partial charge on any atom is -0.481 e. The van der Waals surface area contributed by atoms with Crippen LogP contribution >= 0.6 is 11.8 Å². The van der Waals surface area contributed by atoms with E-state index < -0.39 is 32.8 Å². The summed E-state index contributed by atoms with van der Waals surface area (Å²) in [4.78, 5) is 23.7. The number of primary amides is 1. The molecule has 0 radical (unpaired) electrons. The van der Waals surface area contributed by atoms with Gasteiger partial charge >= 0.3 is 6.09 Å². The van der Waals surface area contributed by atoms with Crippen LogP contribution in [-0.2, 0) is 14.8 Å². The minimum atomic E-state index is -3.92. The van der Waals surface area contributed by atoms with Crippen molar-refractivity contribution in [2.75, 3.05) is 32.5 Å². The van der Waals surface area contributed by atoms with Crippen molar-refractivity contribution in [3.05, 3.63) is 24.3 Å². The first-order valence-corrected chi connectivity index (χ1v) is 11.5. The third-order valence-corrected chi connectivity index (χ3v) is 7.74. The zero-order chi connectivity index (χ0) is 22.5. The number of carbonyl (C=O) groups is 2. The fourth-order valence-electron chi connectivity index (χ4n) is 2.95. The van der Waals surface area contributed by atoms with Crippen LogP contribution in [0.1, 0.15) is 13.8 Å². The second kappa shape index (κ2) is 9.59. The summed E-state index contributed by atoms with van der Waals surface area (Å²) in [6.07, 6.45) is -1.07. The maximum atomic E-state index is 13.1. The van der Waals surface area contributed by atoms with Crippen molar-refractivity contribution in [1.29, 1.82) is 0 Å². The fourth-order valence-corrected chi connectivity index (χ4v) is 6.08. The third kappa shape index (κ3) is 5.59. The summed E-state index contributed by atoms with van der Waals surface area (Å²) in [6, 6.07) is 4.87. The maximum Gasteiger partial charge on any atom is 0.407 e. The zero-order valence-corrected chi connectivity index (χ0v) is 18.6. The molecule has 1 fully saturated rings. The summed E-state index contributed by atoms with van der Waals surface area (Å²) in [5.74, 6) is 5.64. The summed E-state index contributed by atoms with van der Waals surface area (Å²) in [6.45, 7) is 3.90. The molecule has 0 saturated carbocycles. The number of hydrogen-bond acceptors (Lipinski definition) is 6. The molecular formula is C19H25N3O6S2. The van der Waals surface area contributed by atoms with Crippen molar-refractivity contribution >= 4 is 33.8 Å². The van der Waals surface area contributed by atoms with Gasteiger partial charge in [0, 0.05) is 24.1 Å². The van der Waals surface area contributed by atoms with Crippen molar-refractivity contribution in [2.24, 2.45) is 5.73 Å². The van der Waals surface area contributed by atoms with Crippen molar-refractivity contribution in [3.63, 3.8) is 0 Å². The molecule has 0 spiro atoms. The normalized spacial score (nSPS) is 18.7. The molecule has 1 unspecified atom stereocenters. The van der Waals surface area contributed by atoms with Crippen LogP contribution in [0.4, 0.5) is 4.79 Å². The SMILES string of the molecule is CN(CC#CCOc1ccc(S(=O)(=O)N2CCSC(C)(C)C2C(N)=O)cc1)C(=O)O. The second-order valence-electron chi connectivity index (χ2n) is 7.12.